The summed E-state index contributed by atoms with van der Waals surface area (Å²) in [5.41, 5.74) is 0. The molecule has 1 aliphatic rings. The number of unbranched alkanes of at least 4 members (excludes halogenated alkanes) is 4. The number of carbonyl (C=O) groups is 2. The molecule has 4 atom stereocenters. The zero-order valence-corrected chi connectivity index (χ0v) is 39.2. The predicted octanol–water partition coefficient (Wildman–Crippen LogP) is 12.1. The topological polar surface area (TPSA) is 121 Å². The summed E-state index contributed by atoms with van der Waals surface area (Å²) in [5, 5.41) is 0. The number of hydrogen-bond donors (Lipinski definition) is 1. The van der Waals surface area contributed by atoms with Crippen LogP contribution < -0.4 is 0 Å². The van der Waals surface area contributed by atoms with Gasteiger partial charge in [0.15, 0.2) is 6.10 Å². The normalized spacial score (nSPS) is 17.9. The van der Waals surface area contributed by atoms with Crippen molar-refractivity contribution in [3.8, 4) is 0 Å². The molecule has 0 radical (unpaired) electrons. The van der Waals surface area contributed by atoms with E-state index in [1.54, 1.807) is 0 Å². The molecule has 0 saturated carbocycles. The highest BCUT2D eigenvalue weighted by atomic mass is 31.2. The molecule has 0 aliphatic carbocycles. The highest BCUT2D eigenvalue weighted by Gasteiger charge is 2.36. The fourth-order valence-corrected chi connectivity index (χ4v) is 6.34. The average Bonchev–Trinajstić information content (AvgIpc) is 3.97. The Morgan fingerprint density at radius 2 is 1.07 bits per heavy atom. The summed E-state index contributed by atoms with van der Waals surface area (Å²) in [6, 6.07) is 0. The number of likely N-dealkylation sites (N-methyl/N-ethyl adjacent to an activating group) is 1. The van der Waals surface area contributed by atoms with Gasteiger partial charge in [0.2, 0.25) is 0 Å². The van der Waals surface area contributed by atoms with Crippen LogP contribution in [0.5, 0.6) is 0 Å². The molecule has 1 N–H and O–H groups in total. The highest BCUT2D eigenvalue weighted by Crippen LogP contribution is 2.43. The molecule has 1 rings (SSSR count). The van der Waals surface area contributed by atoms with Crippen LogP contribution in [0.3, 0.4) is 0 Å². The lowest BCUT2D eigenvalue weighted by Gasteiger charge is -2.24. The predicted molar refractivity (Wildman–Crippen MR) is 251 cm³/mol. The Balaban J connectivity index is 2.34. The van der Waals surface area contributed by atoms with E-state index in [2.05, 4.69) is 111 Å². The average molecular weight is 871 g/mol. The van der Waals surface area contributed by atoms with Gasteiger partial charge in [0, 0.05) is 12.8 Å². The number of phosphoric acid groups is 1. The van der Waals surface area contributed by atoms with E-state index in [-0.39, 0.29) is 26.1 Å². The standard InChI is InChI=1S/C50H80NO9P/c1-6-8-10-11-12-13-14-15-16-17-18-19-24-27-30-33-37-41-50(53)59-46(45-58-61(54,55)57-43-42-51(3,4)5)44-56-49(52)40-36-32-29-26-23-21-20-22-25-28-31-35-39-48-47(60-48)38-34-9-7-2/h8-10,12-13,15-16,18-19,21-23,25,29,31-32,34-35,46-48H,6-7,11,14,17,20,24,26-28,30,33,36-45H2,1-5H3/p+1/b10-8-,13-12-,16-15-,19-18-,23-21-,25-22-,32-29-,34-9-,35-31-/t46-,47?,48?/m1/s1. The van der Waals surface area contributed by atoms with Gasteiger partial charge < -0.3 is 23.6 Å². The second-order valence-corrected chi connectivity index (χ2v) is 17.5. The van der Waals surface area contributed by atoms with Crippen LogP contribution in [-0.2, 0) is 37.4 Å². The Labute approximate surface area is 370 Å². The van der Waals surface area contributed by atoms with E-state index in [0.717, 1.165) is 89.9 Å². The van der Waals surface area contributed by atoms with Gasteiger partial charge in [0.05, 0.1) is 40.0 Å². The lowest BCUT2D eigenvalue weighted by Crippen LogP contribution is -2.37. The summed E-state index contributed by atoms with van der Waals surface area (Å²) in [5.74, 6) is -0.942. The maximum Gasteiger partial charge on any atom is 0.472 e. The molecule has 3 unspecified atom stereocenters. The van der Waals surface area contributed by atoms with Gasteiger partial charge in [-0.3, -0.25) is 18.6 Å². The van der Waals surface area contributed by atoms with Crippen LogP contribution in [0.1, 0.15) is 129 Å². The number of carbonyl (C=O) groups excluding carboxylic acids is 2. The first-order valence-corrected chi connectivity index (χ1v) is 24.2. The Hall–Kier alpha value is -3.37. The van der Waals surface area contributed by atoms with E-state index in [1.807, 2.05) is 33.3 Å². The summed E-state index contributed by atoms with van der Waals surface area (Å²) in [6.07, 6.45) is 53.4. The van der Waals surface area contributed by atoms with Crippen LogP contribution in [0.2, 0.25) is 0 Å². The van der Waals surface area contributed by atoms with Crippen LogP contribution in [0.4, 0.5) is 0 Å². The zero-order valence-electron chi connectivity index (χ0n) is 38.3. The first-order valence-electron chi connectivity index (χ1n) is 22.7. The maximum absolute atomic E-state index is 12.7. The molecule has 10 nitrogen and oxygen atoms in total. The molecular formula is C50H81NO9P+. The van der Waals surface area contributed by atoms with Crippen LogP contribution in [-0.4, -0.2) is 87.1 Å². The Bertz CT molecular complexity index is 1470. The third-order valence-corrected chi connectivity index (χ3v) is 10.2. The van der Waals surface area contributed by atoms with Gasteiger partial charge in [-0.1, -0.05) is 136 Å². The Kier molecular flexibility index (Phi) is 33.9. The van der Waals surface area contributed by atoms with Gasteiger partial charge in [0.1, 0.15) is 19.8 Å². The molecule has 11 heteroatoms. The van der Waals surface area contributed by atoms with Crippen molar-refractivity contribution in [2.24, 2.45) is 0 Å². The van der Waals surface area contributed by atoms with Gasteiger partial charge in [0.25, 0.3) is 0 Å². The minimum Gasteiger partial charge on any atom is -0.462 e. The van der Waals surface area contributed by atoms with E-state index in [4.69, 9.17) is 23.3 Å². The zero-order chi connectivity index (χ0) is 44.7. The largest absolute Gasteiger partial charge is 0.472 e. The van der Waals surface area contributed by atoms with Crippen molar-refractivity contribution < 1.29 is 46.8 Å². The fourth-order valence-electron chi connectivity index (χ4n) is 5.60. The lowest BCUT2D eigenvalue weighted by atomic mass is 10.1. The molecule has 1 fully saturated rings. The molecule has 0 spiro atoms. The second-order valence-electron chi connectivity index (χ2n) is 16.1. The SMILES string of the molecule is CC/C=C\C/C=C\C/C=C\C/C=C\CCCCCCC(=O)O[C@H](COC(=O)CC/C=C\C/C=C\C/C=C\C/C=C\CC1OC1C/C=C\CC)COP(=O)(O)OCC[N+](C)(C)C. The van der Waals surface area contributed by atoms with E-state index in [1.165, 1.54) is 0 Å². The van der Waals surface area contributed by atoms with Crippen molar-refractivity contribution in [1.82, 2.24) is 0 Å². The fraction of sp³-hybridized carbons (Fsp3) is 0.600. The molecule has 0 aromatic heterocycles. The third kappa shape index (κ3) is 38.1. The van der Waals surface area contributed by atoms with Gasteiger partial charge in [-0.05, 0) is 89.9 Å². The van der Waals surface area contributed by atoms with Crippen molar-refractivity contribution in [2.75, 3.05) is 47.5 Å². The smallest absolute Gasteiger partial charge is 0.462 e. The number of quaternary nitrogens is 1. The van der Waals surface area contributed by atoms with E-state index < -0.39 is 32.5 Å². The molecule has 1 saturated heterocycles. The van der Waals surface area contributed by atoms with Crippen LogP contribution in [0, 0.1) is 0 Å². The first kappa shape index (κ1) is 55.6. The molecule has 0 aromatic carbocycles. The van der Waals surface area contributed by atoms with Crippen LogP contribution in [0.15, 0.2) is 109 Å². The number of phosphoric ester groups is 1. The number of hydrogen-bond acceptors (Lipinski definition) is 8. The molecule has 0 aromatic rings. The quantitative estimate of drug-likeness (QED) is 0.0161. The molecule has 0 amide bonds. The van der Waals surface area contributed by atoms with E-state index in [0.29, 0.717) is 36.1 Å². The van der Waals surface area contributed by atoms with Crippen LogP contribution >= 0.6 is 7.82 Å². The minimum atomic E-state index is -4.41. The van der Waals surface area contributed by atoms with Crippen molar-refractivity contribution >= 4 is 19.8 Å². The Morgan fingerprint density at radius 3 is 1.62 bits per heavy atom. The maximum atomic E-state index is 12.7. The van der Waals surface area contributed by atoms with Gasteiger partial charge in [-0.15, -0.1) is 0 Å². The summed E-state index contributed by atoms with van der Waals surface area (Å²) in [7, 11) is 1.39. The van der Waals surface area contributed by atoms with Crippen molar-refractivity contribution in [1.29, 1.82) is 0 Å². The number of rotatable bonds is 38. The van der Waals surface area contributed by atoms with Crippen molar-refractivity contribution in [3.05, 3.63) is 109 Å². The number of ether oxygens (including phenoxy) is 3. The van der Waals surface area contributed by atoms with Gasteiger partial charge in [-0.25, -0.2) is 4.57 Å². The van der Waals surface area contributed by atoms with Crippen molar-refractivity contribution in [2.45, 2.75) is 148 Å². The summed E-state index contributed by atoms with van der Waals surface area (Å²) >= 11 is 0. The number of epoxide rings is 1. The van der Waals surface area contributed by atoms with Gasteiger partial charge >= 0.3 is 19.8 Å². The first-order chi connectivity index (χ1) is 29.5. The molecule has 1 heterocycles. The van der Waals surface area contributed by atoms with Crippen LogP contribution in [0.25, 0.3) is 0 Å². The molecule has 1 aliphatic heterocycles. The third-order valence-electron chi connectivity index (χ3n) is 9.21. The number of esters is 2. The minimum absolute atomic E-state index is 0.00656. The lowest BCUT2D eigenvalue weighted by molar-refractivity contribution is -0.870. The number of allylic oxidation sites excluding steroid dienone is 16. The molecule has 344 valence electrons. The number of nitrogens with zero attached hydrogens (tertiary/aromatic N) is 1. The summed E-state index contributed by atoms with van der Waals surface area (Å²) in [4.78, 5) is 35.4. The second kappa shape index (κ2) is 37.2. The molecule has 0 bridgehead atoms. The van der Waals surface area contributed by atoms with E-state index in [9.17, 15) is 19.0 Å². The van der Waals surface area contributed by atoms with Crippen molar-refractivity contribution in [3.63, 3.8) is 0 Å². The monoisotopic (exact) mass is 871 g/mol. The molecular weight excluding hydrogens is 790 g/mol. The highest BCUT2D eigenvalue weighted by molar-refractivity contribution is 7.47. The summed E-state index contributed by atoms with van der Waals surface area (Å²) < 4.78 is 39.9. The molecule has 61 heavy (non-hydrogen) atoms. The Morgan fingerprint density at radius 1 is 0.590 bits per heavy atom. The van der Waals surface area contributed by atoms with E-state index >= 15 is 0 Å². The summed E-state index contributed by atoms with van der Waals surface area (Å²) in [6.45, 7) is 4.04. The van der Waals surface area contributed by atoms with Gasteiger partial charge in [-0.2, -0.15) is 0 Å².